The summed E-state index contributed by atoms with van der Waals surface area (Å²) in [5, 5.41) is 0.374. The monoisotopic (exact) mass is 303 g/mol. The van der Waals surface area contributed by atoms with Gasteiger partial charge in [-0.05, 0) is 37.5 Å². The number of benzene rings is 1. The fourth-order valence-electron chi connectivity index (χ4n) is 1.84. The number of sulfonamides is 1. The van der Waals surface area contributed by atoms with Crippen molar-refractivity contribution in [3.63, 3.8) is 0 Å². The molecule has 0 unspecified atom stereocenters. The molecule has 19 heavy (non-hydrogen) atoms. The molecule has 106 valence electrons. The van der Waals surface area contributed by atoms with E-state index in [1.54, 1.807) is 19.2 Å². The maximum atomic E-state index is 11.9. The molecule has 1 aromatic rings. The first-order chi connectivity index (χ1) is 8.87. The van der Waals surface area contributed by atoms with Crippen LogP contribution < -0.4 is 4.72 Å². The van der Waals surface area contributed by atoms with Gasteiger partial charge in [-0.15, -0.1) is 0 Å². The molecule has 0 bridgehead atoms. The summed E-state index contributed by atoms with van der Waals surface area (Å²) in [5.74, 6) is 0. The van der Waals surface area contributed by atoms with Crippen LogP contribution in [-0.2, 0) is 20.4 Å². The van der Waals surface area contributed by atoms with Gasteiger partial charge in [-0.2, -0.15) is 0 Å². The summed E-state index contributed by atoms with van der Waals surface area (Å²) in [6.07, 6.45) is 1.49. The molecule has 1 aromatic carbocycles. The highest BCUT2D eigenvalue weighted by atomic mass is 35.5. The van der Waals surface area contributed by atoms with Crippen molar-refractivity contribution in [2.24, 2.45) is 0 Å². The van der Waals surface area contributed by atoms with Gasteiger partial charge in [0, 0.05) is 18.7 Å². The molecular formula is C13H18ClNO3S. The van der Waals surface area contributed by atoms with Crippen molar-refractivity contribution in [1.29, 1.82) is 0 Å². The SMILES string of the molecule is CO[C@](C)(CNS(=O)(=O)C1CC1)c1cccc(Cl)c1. The maximum absolute atomic E-state index is 11.9. The van der Waals surface area contributed by atoms with E-state index in [1.807, 2.05) is 19.1 Å². The third-order valence-electron chi connectivity index (χ3n) is 3.46. The number of methoxy groups -OCH3 is 1. The predicted octanol–water partition coefficient (Wildman–Crippen LogP) is 2.28. The third kappa shape index (κ3) is 3.48. The van der Waals surface area contributed by atoms with E-state index in [4.69, 9.17) is 16.3 Å². The van der Waals surface area contributed by atoms with Gasteiger partial charge >= 0.3 is 0 Å². The van der Waals surface area contributed by atoms with Crippen molar-refractivity contribution in [1.82, 2.24) is 4.72 Å². The molecule has 1 aliphatic rings. The summed E-state index contributed by atoms with van der Waals surface area (Å²) >= 11 is 5.96. The second-order valence-electron chi connectivity index (χ2n) is 5.01. The highest BCUT2D eigenvalue weighted by Crippen LogP contribution is 2.30. The van der Waals surface area contributed by atoms with E-state index >= 15 is 0 Å². The van der Waals surface area contributed by atoms with E-state index in [-0.39, 0.29) is 11.8 Å². The van der Waals surface area contributed by atoms with E-state index in [2.05, 4.69) is 4.72 Å². The largest absolute Gasteiger partial charge is 0.372 e. The Hall–Kier alpha value is -0.620. The summed E-state index contributed by atoms with van der Waals surface area (Å²) in [7, 11) is -1.65. The normalized spacial score (nSPS) is 19.1. The summed E-state index contributed by atoms with van der Waals surface area (Å²) < 4.78 is 31.8. The number of nitrogens with one attached hydrogen (secondary N) is 1. The van der Waals surface area contributed by atoms with Crippen LogP contribution in [-0.4, -0.2) is 27.3 Å². The van der Waals surface area contributed by atoms with Gasteiger partial charge in [-0.1, -0.05) is 23.7 Å². The minimum absolute atomic E-state index is 0.197. The van der Waals surface area contributed by atoms with Crippen molar-refractivity contribution in [3.05, 3.63) is 34.9 Å². The Balaban J connectivity index is 2.14. The predicted molar refractivity (Wildman–Crippen MR) is 75.8 cm³/mol. The smallest absolute Gasteiger partial charge is 0.214 e. The van der Waals surface area contributed by atoms with Gasteiger partial charge in [0.1, 0.15) is 5.60 Å². The molecule has 1 atom stereocenters. The van der Waals surface area contributed by atoms with Crippen molar-refractivity contribution < 1.29 is 13.2 Å². The summed E-state index contributed by atoms with van der Waals surface area (Å²) in [6.45, 7) is 2.04. The lowest BCUT2D eigenvalue weighted by Gasteiger charge is -2.29. The Morgan fingerprint density at radius 3 is 2.68 bits per heavy atom. The fourth-order valence-corrected chi connectivity index (χ4v) is 3.50. The van der Waals surface area contributed by atoms with Crippen LogP contribution in [0.2, 0.25) is 5.02 Å². The van der Waals surface area contributed by atoms with E-state index in [1.165, 1.54) is 0 Å². The van der Waals surface area contributed by atoms with Gasteiger partial charge in [0.05, 0.1) is 5.25 Å². The zero-order valence-corrected chi connectivity index (χ0v) is 12.6. The topological polar surface area (TPSA) is 55.4 Å². The second kappa shape index (κ2) is 5.40. The Morgan fingerprint density at radius 2 is 2.16 bits per heavy atom. The third-order valence-corrected chi connectivity index (χ3v) is 5.59. The lowest BCUT2D eigenvalue weighted by atomic mass is 9.96. The molecule has 2 rings (SSSR count). The van der Waals surface area contributed by atoms with Crippen molar-refractivity contribution in [2.75, 3.05) is 13.7 Å². The van der Waals surface area contributed by atoms with E-state index in [0.717, 1.165) is 18.4 Å². The van der Waals surface area contributed by atoms with Crippen LogP contribution in [0.15, 0.2) is 24.3 Å². The number of ether oxygens (including phenoxy) is 1. The summed E-state index contributed by atoms with van der Waals surface area (Å²) in [5.41, 5.74) is 0.119. The zero-order chi connectivity index (χ0) is 14.1. The molecule has 1 aliphatic carbocycles. The average Bonchev–Trinajstić information content (AvgIpc) is 3.21. The lowest BCUT2D eigenvalue weighted by Crippen LogP contribution is -2.41. The van der Waals surface area contributed by atoms with Crippen LogP contribution in [0.5, 0.6) is 0 Å². The Kier molecular flexibility index (Phi) is 4.20. The second-order valence-corrected chi connectivity index (χ2v) is 7.49. The Morgan fingerprint density at radius 1 is 1.47 bits per heavy atom. The highest BCUT2D eigenvalue weighted by molar-refractivity contribution is 7.90. The summed E-state index contributed by atoms with van der Waals surface area (Å²) in [4.78, 5) is 0. The molecule has 4 nitrogen and oxygen atoms in total. The molecular weight excluding hydrogens is 286 g/mol. The molecule has 0 radical (unpaired) electrons. The van der Waals surface area contributed by atoms with Crippen molar-refractivity contribution in [2.45, 2.75) is 30.6 Å². The zero-order valence-electron chi connectivity index (χ0n) is 11.0. The van der Waals surface area contributed by atoms with Gasteiger partial charge in [0.2, 0.25) is 10.0 Å². The van der Waals surface area contributed by atoms with Gasteiger partial charge in [-0.25, -0.2) is 13.1 Å². The summed E-state index contributed by atoms with van der Waals surface area (Å²) in [6, 6.07) is 7.26. The van der Waals surface area contributed by atoms with Crippen LogP contribution in [0.4, 0.5) is 0 Å². The molecule has 0 spiro atoms. The first-order valence-electron chi connectivity index (χ1n) is 6.17. The maximum Gasteiger partial charge on any atom is 0.214 e. The van der Waals surface area contributed by atoms with Crippen LogP contribution in [0.3, 0.4) is 0 Å². The van der Waals surface area contributed by atoms with Gasteiger partial charge in [0.15, 0.2) is 0 Å². The standard InChI is InChI=1S/C13H18ClNO3S/c1-13(18-2,10-4-3-5-11(14)8-10)9-15-19(16,17)12-6-7-12/h3-5,8,12,15H,6-7,9H2,1-2H3/t13-/m1/s1. The lowest BCUT2D eigenvalue weighted by molar-refractivity contribution is 0.00698. The molecule has 6 heteroatoms. The van der Waals surface area contributed by atoms with Crippen LogP contribution in [0.25, 0.3) is 0 Å². The molecule has 0 amide bonds. The average molecular weight is 304 g/mol. The Labute approximate surface area is 119 Å². The molecule has 1 fully saturated rings. The molecule has 0 aliphatic heterocycles. The first kappa shape index (κ1) is 14.8. The molecule has 0 saturated heterocycles. The van der Waals surface area contributed by atoms with Crippen LogP contribution in [0, 0.1) is 0 Å². The number of rotatable bonds is 6. The highest BCUT2D eigenvalue weighted by Gasteiger charge is 2.37. The van der Waals surface area contributed by atoms with Gasteiger partial charge in [0.25, 0.3) is 0 Å². The van der Waals surface area contributed by atoms with E-state index in [0.29, 0.717) is 5.02 Å². The van der Waals surface area contributed by atoms with E-state index in [9.17, 15) is 8.42 Å². The van der Waals surface area contributed by atoms with Gasteiger partial charge in [-0.3, -0.25) is 0 Å². The van der Waals surface area contributed by atoms with Crippen molar-refractivity contribution >= 4 is 21.6 Å². The quantitative estimate of drug-likeness (QED) is 0.877. The number of halogens is 1. The minimum atomic E-state index is -3.21. The van der Waals surface area contributed by atoms with Crippen molar-refractivity contribution in [3.8, 4) is 0 Å². The van der Waals surface area contributed by atoms with Crippen LogP contribution in [0.1, 0.15) is 25.3 Å². The van der Waals surface area contributed by atoms with E-state index < -0.39 is 15.6 Å². The molecule has 0 aromatic heterocycles. The fraction of sp³-hybridized carbons (Fsp3) is 0.538. The minimum Gasteiger partial charge on any atom is -0.372 e. The number of hydrogen-bond donors (Lipinski definition) is 1. The first-order valence-corrected chi connectivity index (χ1v) is 8.09. The molecule has 0 heterocycles. The Bertz CT molecular complexity index is 557. The molecule has 1 saturated carbocycles. The van der Waals surface area contributed by atoms with Crippen LogP contribution >= 0.6 is 11.6 Å². The number of hydrogen-bond acceptors (Lipinski definition) is 3. The molecule has 1 N–H and O–H groups in total. The van der Waals surface area contributed by atoms with Gasteiger partial charge < -0.3 is 4.74 Å².